The highest BCUT2D eigenvalue weighted by Gasteiger charge is 2.29. The molecule has 3 atom stereocenters. The van der Waals surface area contributed by atoms with Crippen LogP contribution in [0.25, 0.3) is 0 Å². The molecule has 17 heavy (non-hydrogen) atoms. The first-order chi connectivity index (χ1) is 8.22. The van der Waals surface area contributed by atoms with Gasteiger partial charge in [-0.25, -0.2) is 0 Å². The number of nitrogens with zero attached hydrogens (tertiary/aromatic N) is 2. The molecule has 2 heterocycles. The second-order valence-corrected chi connectivity index (χ2v) is 5.23. The van der Waals surface area contributed by atoms with Gasteiger partial charge in [0.15, 0.2) is 0 Å². The van der Waals surface area contributed by atoms with Gasteiger partial charge in [-0.1, -0.05) is 13.0 Å². The first-order valence-electron chi connectivity index (χ1n) is 6.59. The quantitative estimate of drug-likeness (QED) is 0.870. The summed E-state index contributed by atoms with van der Waals surface area (Å²) < 4.78 is 0. The van der Waals surface area contributed by atoms with Crippen molar-refractivity contribution in [3.05, 3.63) is 30.1 Å². The normalized spacial score (nSPS) is 27.9. The van der Waals surface area contributed by atoms with E-state index < -0.39 is 0 Å². The third-order valence-electron chi connectivity index (χ3n) is 3.82. The maximum Gasteiger partial charge on any atom is 0.0646 e. The minimum Gasteiger partial charge on any atom is -0.329 e. The molecule has 0 radical (unpaired) electrons. The molecule has 0 amide bonds. The first kappa shape index (κ1) is 12.5. The number of likely N-dealkylation sites (tertiary alicyclic amines) is 1. The number of pyridine rings is 1. The van der Waals surface area contributed by atoms with Crippen LogP contribution in [-0.4, -0.2) is 29.0 Å². The van der Waals surface area contributed by atoms with E-state index >= 15 is 0 Å². The molecule has 2 N–H and O–H groups in total. The van der Waals surface area contributed by atoms with Gasteiger partial charge in [-0.3, -0.25) is 9.88 Å². The molecule has 0 saturated carbocycles. The molecule has 1 aliphatic rings. The standard InChI is InChI=1S/C14H23N3/c1-11-6-7-12(2)17(10-11)14(9-15)13-5-3-4-8-16-13/h3-5,8,11-12,14H,6-7,9-10,15H2,1-2H3. The Hall–Kier alpha value is -0.930. The molecule has 1 saturated heterocycles. The number of aromatic nitrogens is 1. The smallest absolute Gasteiger partial charge is 0.0646 e. The van der Waals surface area contributed by atoms with Gasteiger partial charge in [0.25, 0.3) is 0 Å². The van der Waals surface area contributed by atoms with E-state index in [0.29, 0.717) is 12.6 Å². The fourth-order valence-corrected chi connectivity index (χ4v) is 2.76. The maximum absolute atomic E-state index is 5.96. The molecule has 0 spiro atoms. The van der Waals surface area contributed by atoms with Gasteiger partial charge in [0.1, 0.15) is 0 Å². The summed E-state index contributed by atoms with van der Waals surface area (Å²) in [5.74, 6) is 0.768. The van der Waals surface area contributed by atoms with E-state index in [1.807, 2.05) is 18.3 Å². The zero-order chi connectivity index (χ0) is 12.3. The van der Waals surface area contributed by atoms with Gasteiger partial charge < -0.3 is 5.73 Å². The zero-order valence-corrected chi connectivity index (χ0v) is 10.8. The van der Waals surface area contributed by atoms with Gasteiger partial charge in [-0.15, -0.1) is 0 Å². The van der Waals surface area contributed by atoms with Crippen molar-refractivity contribution < 1.29 is 0 Å². The minimum atomic E-state index is 0.272. The Kier molecular flexibility index (Phi) is 4.13. The third kappa shape index (κ3) is 2.85. The van der Waals surface area contributed by atoms with E-state index in [4.69, 9.17) is 5.73 Å². The average molecular weight is 233 g/mol. The third-order valence-corrected chi connectivity index (χ3v) is 3.82. The van der Waals surface area contributed by atoms with Crippen LogP contribution in [0.1, 0.15) is 38.4 Å². The Morgan fingerprint density at radius 2 is 2.24 bits per heavy atom. The highest BCUT2D eigenvalue weighted by atomic mass is 15.2. The van der Waals surface area contributed by atoms with Gasteiger partial charge in [-0.05, 0) is 37.8 Å². The Balaban J connectivity index is 2.17. The highest BCUT2D eigenvalue weighted by Crippen LogP contribution is 2.29. The van der Waals surface area contributed by atoms with Crippen LogP contribution in [0.3, 0.4) is 0 Å². The monoisotopic (exact) mass is 233 g/mol. The van der Waals surface area contributed by atoms with Gasteiger partial charge in [0.05, 0.1) is 11.7 Å². The topological polar surface area (TPSA) is 42.1 Å². The molecule has 1 aliphatic heterocycles. The van der Waals surface area contributed by atoms with Crippen molar-refractivity contribution in [1.29, 1.82) is 0 Å². The van der Waals surface area contributed by atoms with Crippen LogP contribution >= 0.6 is 0 Å². The van der Waals surface area contributed by atoms with Crippen molar-refractivity contribution >= 4 is 0 Å². The number of nitrogens with two attached hydrogens (primary N) is 1. The van der Waals surface area contributed by atoms with Crippen molar-refractivity contribution in [2.24, 2.45) is 11.7 Å². The van der Waals surface area contributed by atoms with Crippen molar-refractivity contribution in [1.82, 2.24) is 9.88 Å². The van der Waals surface area contributed by atoms with Crippen LogP contribution in [0.2, 0.25) is 0 Å². The Morgan fingerprint density at radius 3 is 2.88 bits per heavy atom. The Labute approximate surface area is 104 Å². The molecule has 0 aromatic carbocycles. The molecule has 2 rings (SSSR count). The highest BCUT2D eigenvalue weighted by molar-refractivity contribution is 5.10. The first-order valence-corrected chi connectivity index (χ1v) is 6.59. The fourth-order valence-electron chi connectivity index (χ4n) is 2.76. The van der Waals surface area contributed by atoms with E-state index in [9.17, 15) is 0 Å². The number of hydrogen-bond donors (Lipinski definition) is 1. The summed E-state index contributed by atoms with van der Waals surface area (Å²) in [7, 11) is 0. The maximum atomic E-state index is 5.96. The second-order valence-electron chi connectivity index (χ2n) is 5.23. The average Bonchev–Trinajstić information content (AvgIpc) is 2.36. The summed E-state index contributed by atoms with van der Waals surface area (Å²) in [6.45, 7) is 6.41. The van der Waals surface area contributed by atoms with Gasteiger partial charge in [-0.2, -0.15) is 0 Å². The van der Waals surface area contributed by atoms with Crippen LogP contribution in [0.15, 0.2) is 24.4 Å². The Morgan fingerprint density at radius 1 is 1.41 bits per heavy atom. The van der Waals surface area contributed by atoms with E-state index in [0.717, 1.165) is 18.2 Å². The second kappa shape index (κ2) is 5.61. The van der Waals surface area contributed by atoms with E-state index in [2.05, 4.69) is 29.8 Å². The lowest BCUT2D eigenvalue weighted by atomic mass is 9.92. The number of hydrogen-bond acceptors (Lipinski definition) is 3. The minimum absolute atomic E-state index is 0.272. The predicted molar refractivity (Wildman–Crippen MR) is 70.6 cm³/mol. The molecule has 3 heteroatoms. The molecule has 0 bridgehead atoms. The summed E-state index contributed by atoms with van der Waals surface area (Å²) in [5, 5.41) is 0. The predicted octanol–water partition coefficient (Wildman–Crippen LogP) is 2.20. The summed E-state index contributed by atoms with van der Waals surface area (Å²) in [6.07, 6.45) is 4.46. The lowest BCUT2D eigenvalue weighted by Crippen LogP contribution is -2.45. The van der Waals surface area contributed by atoms with Crippen molar-refractivity contribution in [3.8, 4) is 0 Å². The largest absolute Gasteiger partial charge is 0.329 e. The van der Waals surface area contributed by atoms with E-state index in [1.165, 1.54) is 12.8 Å². The van der Waals surface area contributed by atoms with Crippen LogP contribution in [0.4, 0.5) is 0 Å². The molecule has 1 fully saturated rings. The van der Waals surface area contributed by atoms with Crippen molar-refractivity contribution in [2.45, 2.75) is 38.8 Å². The van der Waals surface area contributed by atoms with E-state index in [1.54, 1.807) is 0 Å². The molecular formula is C14H23N3. The zero-order valence-electron chi connectivity index (χ0n) is 10.8. The van der Waals surface area contributed by atoms with Crippen LogP contribution in [-0.2, 0) is 0 Å². The molecule has 94 valence electrons. The fraction of sp³-hybridized carbons (Fsp3) is 0.643. The lowest BCUT2D eigenvalue weighted by Gasteiger charge is -2.41. The summed E-state index contributed by atoms with van der Waals surface area (Å²) in [6, 6.07) is 6.97. The van der Waals surface area contributed by atoms with Crippen LogP contribution in [0.5, 0.6) is 0 Å². The Bertz CT molecular complexity index is 339. The van der Waals surface area contributed by atoms with Gasteiger partial charge in [0.2, 0.25) is 0 Å². The summed E-state index contributed by atoms with van der Waals surface area (Å²) in [5.41, 5.74) is 7.07. The SMILES string of the molecule is CC1CCC(C)N(C(CN)c2ccccn2)C1. The number of piperidine rings is 1. The van der Waals surface area contributed by atoms with Crippen LogP contribution in [0, 0.1) is 5.92 Å². The van der Waals surface area contributed by atoms with Crippen molar-refractivity contribution in [2.75, 3.05) is 13.1 Å². The molecule has 3 nitrogen and oxygen atoms in total. The van der Waals surface area contributed by atoms with Crippen molar-refractivity contribution in [3.63, 3.8) is 0 Å². The van der Waals surface area contributed by atoms with Crippen LogP contribution < -0.4 is 5.73 Å². The molecule has 1 aromatic heterocycles. The van der Waals surface area contributed by atoms with Gasteiger partial charge in [0, 0.05) is 25.3 Å². The molecule has 0 aliphatic carbocycles. The summed E-state index contributed by atoms with van der Waals surface area (Å²) in [4.78, 5) is 6.99. The summed E-state index contributed by atoms with van der Waals surface area (Å²) >= 11 is 0. The number of rotatable bonds is 3. The van der Waals surface area contributed by atoms with E-state index in [-0.39, 0.29) is 6.04 Å². The van der Waals surface area contributed by atoms with Gasteiger partial charge >= 0.3 is 0 Å². The lowest BCUT2D eigenvalue weighted by molar-refractivity contribution is 0.0779. The molecular weight excluding hydrogens is 210 g/mol. The molecule has 3 unspecified atom stereocenters. The molecule has 1 aromatic rings.